The largest absolute Gasteiger partial charge is 0.484 e. The Morgan fingerprint density at radius 2 is 2.03 bits per heavy atom. The highest BCUT2D eigenvalue weighted by molar-refractivity contribution is 5.96. The molecule has 4 N–H and O–H groups in total. The molecule has 11 heteroatoms. The van der Waals surface area contributed by atoms with Gasteiger partial charge < -0.3 is 25.7 Å². The number of nitrogens with zero attached hydrogens (tertiary/aromatic N) is 2. The minimum Gasteiger partial charge on any atom is -0.484 e. The number of ether oxygens (including phenoxy) is 2. The lowest BCUT2D eigenvalue weighted by molar-refractivity contribution is -0.126. The van der Waals surface area contributed by atoms with E-state index in [9.17, 15) is 18.4 Å². The Bertz CT molecular complexity index is 1080. The maximum atomic E-state index is 13.3. The Balaban J connectivity index is 0.000000196. The molecule has 188 valence electrons. The van der Waals surface area contributed by atoms with E-state index < -0.39 is 23.6 Å². The number of primary amides is 1. The smallest absolute Gasteiger partial charge is 0.267 e. The fourth-order valence-electron chi connectivity index (χ4n) is 3.58. The van der Waals surface area contributed by atoms with Gasteiger partial charge in [-0.3, -0.25) is 14.6 Å². The van der Waals surface area contributed by atoms with Gasteiger partial charge in [0.25, 0.3) is 11.8 Å². The van der Waals surface area contributed by atoms with E-state index in [1.807, 2.05) is 6.92 Å². The Kier molecular flexibility index (Phi) is 9.07. The van der Waals surface area contributed by atoms with E-state index in [4.69, 9.17) is 20.4 Å². The number of nitrogens with one attached hydrogen (secondary N) is 1. The maximum Gasteiger partial charge on any atom is 0.267 e. The third-order valence-corrected chi connectivity index (χ3v) is 5.80. The lowest BCUT2D eigenvalue weighted by atomic mass is 9.82. The third-order valence-electron chi connectivity index (χ3n) is 5.80. The molecule has 1 aromatic carbocycles. The van der Waals surface area contributed by atoms with Gasteiger partial charge in [-0.1, -0.05) is 17.6 Å². The first-order valence-corrected chi connectivity index (χ1v) is 11.3. The number of anilines is 1. The van der Waals surface area contributed by atoms with Gasteiger partial charge in [0, 0.05) is 17.8 Å². The molecule has 1 aliphatic carbocycles. The molecule has 4 rings (SSSR count). The van der Waals surface area contributed by atoms with Crippen molar-refractivity contribution in [1.82, 2.24) is 4.98 Å². The summed E-state index contributed by atoms with van der Waals surface area (Å²) in [6, 6.07) is 6.78. The lowest BCUT2D eigenvalue weighted by Gasteiger charge is -2.25. The van der Waals surface area contributed by atoms with E-state index in [1.54, 1.807) is 6.07 Å². The van der Waals surface area contributed by atoms with Crippen molar-refractivity contribution in [1.29, 1.82) is 0 Å². The van der Waals surface area contributed by atoms with Crippen molar-refractivity contribution in [3.8, 4) is 5.75 Å². The van der Waals surface area contributed by atoms with Crippen LogP contribution in [0.4, 0.5) is 14.5 Å². The summed E-state index contributed by atoms with van der Waals surface area (Å²) in [6.07, 6.45) is 5.70. The number of aromatic nitrogens is 1. The number of pyridine rings is 1. The molecule has 35 heavy (non-hydrogen) atoms. The number of benzene rings is 1. The van der Waals surface area contributed by atoms with Crippen molar-refractivity contribution in [2.45, 2.75) is 51.2 Å². The zero-order chi connectivity index (χ0) is 25.4. The summed E-state index contributed by atoms with van der Waals surface area (Å²) in [5, 5.41) is 14.6. The number of hydrogen-bond acceptors (Lipinski definition) is 7. The van der Waals surface area contributed by atoms with Crippen LogP contribution in [0.3, 0.4) is 0 Å². The summed E-state index contributed by atoms with van der Waals surface area (Å²) >= 11 is 0. The summed E-state index contributed by atoms with van der Waals surface area (Å²) in [5.41, 5.74) is 6.21. The number of oxime groups is 1. The fourth-order valence-corrected chi connectivity index (χ4v) is 3.58. The van der Waals surface area contributed by atoms with Gasteiger partial charge in [-0.05, 0) is 56.9 Å². The quantitative estimate of drug-likeness (QED) is 0.308. The van der Waals surface area contributed by atoms with Gasteiger partial charge in [-0.25, -0.2) is 4.39 Å². The lowest BCUT2D eigenvalue weighted by Crippen LogP contribution is -2.28. The summed E-state index contributed by atoms with van der Waals surface area (Å²) in [7, 11) is 0. The predicted octanol–water partition coefficient (Wildman–Crippen LogP) is 3.66. The molecule has 1 saturated carbocycles. The van der Waals surface area contributed by atoms with Gasteiger partial charge in [0.05, 0.1) is 11.8 Å². The summed E-state index contributed by atoms with van der Waals surface area (Å²) < 4.78 is 36.7. The maximum absolute atomic E-state index is 13.3. The van der Waals surface area contributed by atoms with Crippen LogP contribution >= 0.6 is 0 Å². The predicted molar refractivity (Wildman–Crippen MR) is 123 cm³/mol. The number of hydrogen-bond donors (Lipinski definition) is 3. The molecule has 2 heterocycles. The Labute approximate surface area is 201 Å². The highest BCUT2D eigenvalue weighted by Gasteiger charge is 2.28. The molecule has 9 nitrogen and oxygen atoms in total. The molecule has 2 unspecified atom stereocenters. The molecule has 2 amide bonds. The average Bonchev–Trinajstić information content (AvgIpc) is 3.25. The molecule has 2 fully saturated rings. The standard InChI is InChI=1S/C12H13F2NO2.C12H15N3O3/c13-9-5-2-6-11(12(9)14)17-7-10(15-16)8-3-1-4-8;1-7-2-3-10(18-7)12(17)15-8-4-5-14-9(6-8)11(13)16/h2,5-6,8,16H,1,3-4,7H2;4-7,10H,2-3H2,1H3,(H2,13,16)(H,14,15,17)/b15-10+;. The van der Waals surface area contributed by atoms with Gasteiger partial charge in [0.1, 0.15) is 18.4 Å². The first-order chi connectivity index (χ1) is 16.8. The molecule has 1 aliphatic heterocycles. The second-order valence-corrected chi connectivity index (χ2v) is 8.36. The zero-order valence-electron chi connectivity index (χ0n) is 19.2. The van der Waals surface area contributed by atoms with Crippen molar-refractivity contribution in [2.75, 3.05) is 11.9 Å². The molecule has 0 radical (unpaired) electrons. The SMILES string of the molecule is CC1CCC(C(=O)Nc2ccnc(C(N)=O)c2)O1.O/N=C(\COc1cccc(F)c1F)C1CCC1. The van der Waals surface area contributed by atoms with Crippen LogP contribution < -0.4 is 15.8 Å². The summed E-state index contributed by atoms with van der Waals surface area (Å²) in [4.78, 5) is 26.6. The highest BCUT2D eigenvalue weighted by atomic mass is 19.2. The van der Waals surface area contributed by atoms with Gasteiger partial charge >= 0.3 is 0 Å². The van der Waals surface area contributed by atoms with Crippen LogP contribution in [0.25, 0.3) is 0 Å². The Morgan fingerprint density at radius 1 is 1.26 bits per heavy atom. The molecule has 2 atom stereocenters. The van der Waals surface area contributed by atoms with Crippen LogP contribution in [-0.4, -0.2) is 46.5 Å². The van der Waals surface area contributed by atoms with Crippen LogP contribution in [0.2, 0.25) is 0 Å². The topological polar surface area (TPSA) is 136 Å². The van der Waals surface area contributed by atoms with E-state index >= 15 is 0 Å². The van der Waals surface area contributed by atoms with Crippen molar-refractivity contribution < 1.29 is 33.1 Å². The van der Waals surface area contributed by atoms with Gasteiger partial charge in [0.2, 0.25) is 5.82 Å². The molecular formula is C24H28F2N4O5. The van der Waals surface area contributed by atoms with Gasteiger partial charge in [-0.15, -0.1) is 0 Å². The van der Waals surface area contributed by atoms with Gasteiger partial charge in [0.15, 0.2) is 11.6 Å². The first kappa shape index (κ1) is 26.0. The number of nitrogens with two attached hydrogens (primary N) is 1. The second-order valence-electron chi connectivity index (χ2n) is 8.36. The van der Waals surface area contributed by atoms with E-state index in [0.717, 1.165) is 31.7 Å². The number of carbonyl (C=O) groups excluding carboxylic acids is 2. The fraction of sp³-hybridized carbons (Fsp3) is 0.417. The Hall–Kier alpha value is -3.60. The van der Waals surface area contributed by atoms with Crippen LogP contribution in [0.5, 0.6) is 5.75 Å². The normalized spacial score (nSPS) is 19.8. The third kappa shape index (κ3) is 7.19. The zero-order valence-corrected chi connectivity index (χ0v) is 19.2. The Morgan fingerprint density at radius 3 is 2.63 bits per heavy atom. The molecule has 0 spiro atoms. The highest BCUT2D eigenvalue weighted by Crippen LogP contribution is 2.28. The molecule has 1 aromatic heterocycles. The van der Waals surface area contributed by atoms with Gasteiger partial charge in [-0.2, -0.15) is 4.39 Å². The van der Waals surface area contributed by atoms with Crippen LogP contribution in [0.1, 0.15) is 49.5 Å². The average molecular weight is 491 g/mol. The number of rotatable bonds is 7. The molecule has 0 bridgehead atoms. The van der Waals surface area contributed by atoms with E-state index in [2.05, 4.69) is 15.5 Å². The number of amides is 2. The second kappa shape index (κ2) is 12.2. The van der Waals surface area contributed by atoms with E-state index in [0.29, 0.717) is 17.8 Å². The summed E-state index contributed by atoms with van der Waals surface area (Å²) in [6.45, 7) is 1.92. The van der Waals surface area contributed by atoms with Crippen molar-refractivity contribution >= 4 is 23.2 Å². The minimum atomic E-state index is -1.02. The van der Waals surface area contributed by atoms with Crippen molar-refractivity contribution in [3.05, 3.63) is 53.9 Å². The number of halogens is 2. The van der Waals surface area contributed by atoms with Crippen LogP contribution in [-0.2, 0) is 9.53 Å². The monoisotopic (exact) mass is 490 g/mol. The van der Waals surface area contributed by atoms with Crippen molar-refractivity contribution in [3.63, 3.8) is 0 Å². The van der Waals surface area contributed by atoms with E-state index in [1.165, 1.54) is 24.4 Å². The number of carbonyl (C=O) groups is 2. The molecule has 2 aromatic rings. The van der Waals surface area contributed by atoms with Crippen LogP contribution in [0, 0.1) is 17.6 Å². The summed E-state index contributed by atoms with van der Waals surface area (Å²) in [5.74, 6) is -2.76. The van der Waals surface area contributed by atoms with Crippen LogP contribution in [0.15, 0.2) is 41.7 Å². The molecular weight excluding hydrogens is 462 g/mol. The first-order valence-electron chi connectivity index (χ1n) is 11.3. The van der Waals surface area contributed by atoms with Crippen molar-refractivity contribution in [2.24, 2.45) is 16.8 Å². The molecule has 2 aliphatic rings. The van der Waals surface area contributed by atoms with E-state index in [-0.39, 0.29) is 36.0 Å². The molecule has 1 saturated heterocycles. The minimum absolute atomic E-state index is 0.0124.